The number of esters is 1. The second-order valence-corrected chi connectivity index (χ2v) is 7.64. The molecule has 0 aliphatic carbocycles. The van der Waals surface area contributed by atoms with Gasteiger partial charge in [-0.15, -0.1) is 0 Å². The maximum Gasteiger partial charge on any atom is 0.338 e. The van der Waals surface area contributed by atoms with Crippen LogP contribution in [0.15, 0.2) is 60.8 Å². The Morgan fingerprint density at radius 1 is 0.931 bits per heavy atom. The molecule has 1 heterocycles. The Morgan fingerprint density at radius 2 is 1.55 bits per heavy atom. The van der Waals surface area contributed by atoms with Crippen LogP contribution in [-0.2, 0) is 10.2 Å². The summed E-state index contributed by atoms with van der Waals surface area (Å²) in [6.07, 6.45) is 1.69. The monoisotopic (exact) mass is 390 g/mol. The first-order chi connectivity index (χ1) is 13.8. The maximum absolute atomic E-state index is 11.7. The molecule has 2 N–H and O–H groups in total. The van der Waals surface area contributed by atoms with Crippen molar-refractivity contribution in [1.29, 1.82) is 0 Å². The predicted molar refractivity (Wildman–Crippen MR) is 116 cm³/mol. The minimum absolute atomic E-state index is 0.118. The van der Waals surface area contributed by atoms with E-state index in [4.69, 9.17) is 4.74 Å². The van der Waals surface area contributed by atoms with Crippen molar-refractivity contribution in [3.05, 3.63) is 71.9 Å². The van der Waals surface area contributed by atoms with Crippen molar-refractivity contribution in [1.82, 2.24) is 9.97 Å². The standard InChI is InChI=1S/C23H26N4O2/c1-5-29-21(28)16-6-10-19(11-7-16)26-22-24-15-14-20(27-22)25-18-12-8-17(9-13-18)23(2,3)4/h6-15H,5H2,1-4H3,(H2,24,25,26,27). The van der Waals surface area contributed by atoms with Crippen molar-refractivity contribution in [2.24, 2.45) is 0 Å². The molecule has 0 unspecified atom stereocenters. The van der Waals surface area contributed by atoms with E-state index in [9.17, 15) is 4.79 Å². The van der Waals surface area contributed by atoms with Crippen molar-refractivity contribution in [2.45, 2.75) is 33.1 Å². The zero-order valence-corrected chi connectivity index (χ0v) is 17.2. The van der Waals surface area contributed by atoms with Gasteiger partial charge in [0, 0.05) is 17.6 Å². The second-order valence-electron chi connectivity index (χ2n) is 7.64. The molecule has 0 radical (unpaired) electrons. The minimum Gasteiger partial charge on any atom is -0.462 e. The third kappa shape index (κ3) is 5.54. The molecule has 0 aliphatic rings. The molecule has 1 aromatic heterocycles. The lowest BCUT2D eigenvalue weighted by molar-refractivity contribution is 0.0526. The van der Waals surface area contributed by atoms with E-state index in [2.05, 4.69) is 53.5 Å². The van der Waals surface area contributed by atoms with E-state index >= 15 is 0 Å². The number of ether oxygens (including phenoxy) is 1. The van der Waals surface area contributed by atoms with Crippen LogP contribution in [0.1, 0.15) is 43.6 Å². The Bertz CT molecular complexity index is 961. The van der Waals surface area contributed by atoms with E-state index in [1.165, 1.54) is 5.56 Å². The van der Waals surface area contributed by atoms with Crippen molar-refractivity contribution in [3.8, 4) is 0 Å². The molecular weight excluding hydrogens is 364 g/mol. The molecule has 2 aromatic carbocycles. The number of hydrogen-bond donors (Lipinski definition) is 2. The molecule has 6 heteroatoms. The van der Waals surface area contributed by atoms with Crippen LogP contribution in [0, 0.1) is 0 Å². The number of benzene rings is 2. The minimum atomic E-state index is -0.334. The van der Waals surface area contributed by atoms with Crippen LogP contribution in [0.25, 0.3) is 0 Å². The fraction of sp³-hybridized carbons (Fsp3) is 0.261. The van der Waals surface area contributed by atoms with Gasteiger partial charge in [-0.1, -0.05) is 32.9 Å². The van der Waals surface area contributed by atoms with Gasteiger partial charge in [0.05, 0.1) is 12.2 Å². The zero-order valence-electron chi connectivity index (χ0n) is 17.2. The van der Waals surface area contributed by atoms with Crippen LogP contribution in [-0.4, -0.2) is 22.5 Å². The van der Waals surface area contributed by atoms with Crippen molar-refractivity contribution in [2.75, 3.05) is 17.2 Å². The number of carbonyl (C=O) groups is 1. The number of anilines is 4. The molecule has 0 aliphatic heterocycles. The molecule has 150 valence electrons. The highest BCUT2D eigenvalue weighted by Crippen LogP contribution is 2.25. The maximum atomic E-state index is 11.7. The molecule has 0 saturated carbocycles. The third-order valence-corrected chi connectivity index (χ3v) is 4.33. The normalized spacial score (nSPS) is 11.0. The number of carbonyl (C=O) groups excluding carboxylic acids is 1. The summed E-state index contributed by atoms with van der Waals surface area (Å²) < 4.78 is 4.99. The molecule has 0 atom stereocenters. The Morgan fingerprint density at radius 3 is 2.17 bits per heavy atom. The number of aromatic nitrogens is 2. The first kappa shape index (κ1) is 20.3. The number of hydrogen-bond acceptors (Lipinski definition) is 6. The summed E-state index contributed by atoms with van der Waals surface area (Å²) in [7, 11) is 0. The van der Waals surface area contributed by atoms with Crippen LogP contribution >= 0.6 is 0 Å². The summed E-state index contributed by atoms with van der Waals surface area (Å²) in [4.78, 5) is 20.5. The Hall–Kier alpha value is -3.41. The number of rotatable bonds is 6. The van der Waals surface area contributed by atoms with Gasteiger partial charge < -0.3 is 15.4 Å². The van der Waals surface area contributed by atoms with E-state index in [1.807, 2.05) is 18.2 Å². The summed E-state index contributed by atoms with van der Waals surface area (Å²) in [6, 6.07) is 17.1. The first-order valence-corrected chi connectivity index (χ1v) is 9.60. The highest BCUT2D eigenvalue weighted by atomic mass is 16.5. The molecule has 6 nitrogen and oxygen atoms in total. The van der Waals surface area contributed by atoms with Crippen LogP contribution in [0.2, 0.25) is 0 Å². The highest BCUT2D eigenvalue weighted by molar-refractivity contribution is 5.89. The summed E-state index contributed by atoms with van der Waals surface area (Å²) in [5.41, 5.74) is 3.64. The lowest BCUT2D eigenvalue weighted by Gasteiger charge is -2.19. The Kier molecular flexibility index (Phi) is 6.12. The predicted octanol–water partition coefficient (Wildman–Crippen LogP) is 5.44. The van der Waals surface area contributed by atoms with Gasteiger partial charge in [0.25, 0.3) is 0 Å². The quantitative estimate of drug-likeness (QED) is 0.546. The van der Waals surface area contributed by atoms with Gasteiger partial charge in [-0.05, 0) is 60.4 Å². The van der Waals surface area contributed by atoms with Crippen molar-refractivity contribution >= 4 is 29.1 Å². The summed E-state index contributed by atoms with van der Waals surface area (Å²) in [5, 5.41) is 6.44. The Labute approximate surface area is 171 Å². The van der Waals surface area contributed by atoms with Gasteiger partial charge in [0.1, 0.15) is 5.82 Å². The smallest absolute Gasteiger partial charge is 0.338 e. The van der Waals surface area contributed by atoms with Gasteiger partial charge in [-0.25, -0.2) is 9.78 Å². The lowest BCUT2D eigenvalue weighted by atomic mass is 9.87. The highest BCUT2D eigenvalue weighted by Gasteiger charge is 2.13. The van der Waals surface area contributed by atoms with Gasteiger partial charge in [-0.3, -0.25) is 0 Å². The average Bonchev–Trinajstić information content (AvgIpc) is 2.69. The molecular formula is C23H26N4O2. The van der Waals surface area contributed by atoms with Crippen LogP contribution in [0.4, 0.5) is 23.1 Å². The third-order valence-electron chi connectivity index (χ3n) is 4.33. The van der Waals surface area contributed by atoms with Crippen molar-refractivity contribution in [3.63, 3.8) is 0 Å². The fourth-order valence-corrected chi connectivity index (χ4v) is 2.72. The lowest BCUT2D eigenvalue weighted by Crippen LogP contribution is -2.10. The second kappa shape index (κ2) is 8.73. The molecule has 0 amide bonds. The molecule has 3 rings (SSSR count). The number of nitrogens with zero attached hydrogens (tertiary/aromatic N) is 2. The topological polar surface area (TPSA) is 76.1 Å². The molecule has 0 fully saturated rings. The average molecular weight is 390 g/mol. The van der Waals surface area contributed by atoms with Gasteiger partial charge >= 0.3 is 5.97 Å². The largest absolute Gasteiger partial charge is 0.462 e. The van der Waals surface area contributed by atoms with Gasteiger partial charge in [-0.2, -0.15) is 4.98 Å². The molecule has 0 saturated heterocycles. The molecule has 29 heavy (non-hydrogen) atoms. The summed E-state index contributed by atoms with van der Waals surface area (Å²) in [6.45, 7) is 8.71. The zero-order chi connectivity index (χ0) is 20.9. The van der Waals surface area contributed by atoms with Crippen LogP contribution in [0.5, 0.6) is 0 Å². The van der Waals surface area contributed by atoms with E-state index in [0.717, 1.165) is 11.4 Å². The fourth-order valence-electron chi connectivity index (χ4n) is 2.72. The van der Waals surface area contributed by atoms with E-state index < -0.39 is 0 Å². The molecule has 3 aromatic rings. The van der Waals surface area contributed by atoms with E-state index in [0.29, 0.717) is 23.9 Å². The van der Waals surface area contributed by atoms with Gasteiger partial charge in [0.15, 0.2) is 0 Å². The summed E-state index contributed by atoms with van der Waals surface area (Å²) in [5.74, 6) is 0.818. The van der Waals surface area contributed by atoms with Crippen LogP contribution < -0.4 is 10.6 Å². The molecule has 0 spiro atoms. The van der Waals surface area contributed by atoms with Gasteiger partial charge in [0.2, 0.25) is 5.95 Å². The van der Waals surface area contributed by atoms with Crippen molar-refractivity contribution < 1.29 is 9.53 Å². The molecule has 0 bridgehead atoms. The van der Waals surface area contributed by atoms with E-state index in [-0.39, 0.29) is 11.4 Å². The SMILES string of the molecule is CCOC(=O)c1ccc(Nc2nccc(Nc3ccc(C(C)(C)C)cc3)n2)cc1. The van der Waals surface area contributed by atoms with E-state index in [1.54, 1.807) is 37.4 Å². The summed E-state index contributed by atoms with van der Waals surface area (Å²) >= 11 is 0. The number of nitrogens with one attached hydrogen (secondary N) is 2. The Balaban J connectivity index is 1.67. The van der Waals surface area contributed by atoms with Crippen LogP contribution in [0.3, 0.4) is 0 Å². The first-order valence-electron chi connectivity index (χ1n) is 9.60.